The summed E-state index contributed by atoms with van der Waals surface area (Å²) in [7, 11) is 0. The van der Waals surface area contributed by atoms with Crippen LogP contribution in [-0.2, 0) is 6.54 Å². The van der Waals surface area contributed by atoms with Crippen LogP contribution in [0.2, 0.25) is 10.0 Å². The average molecular weight is 342 g/mol. The number of hydrogen-bond donors (Lipinski definition) is 2. The van der Waals surface area contributed by atoms with E-state index in [-0.39, 0.29) is 23.6 Å². The second-order valence-corrected chi connectivity index (χ2v) is 6.09. The zero-order valence-electron chi connectivity index (χ0n) is 12.3. The van der Waals surface area contributed by atoms with Crippen LogP contribution in [0.3, 0.4) is 0 Å². The summed E-state index contributed by atoms with van der Waals surface area (Å²) in [5, 5.41) is 3.66. The van der Waals surface area contributed by atoms with Crippen LogP contribution in [-0.4, -0.2) is 10.9 Å². The fourth-order valence-electron chi connectivity index (χ4n) is 1.75. The van der Waals surface area contributed by atoms with Gasteiger partial charge in [-0.05, 0) is 23.6 Å². The van der Waals surface area contributed by atoms with Crippen LogP contribution in [0.4, 0.5) is 0 Å². The minimum absolute atomic E-state index is 0.172. The number of rotatable bonds is 5. The second kappa shape index (κ2) is 7.13. The highest BCUT2D eigenvalue weighted by molar-refractivity contribution is 6.42. The molecule has 0 unspecified atom stereocenters. The van der Waals surface area contributed by atoms with Crippen molar-refractivity contribution >= 4 is 29.1 Å². The summed E-state index contributed by atoms with van der Waals surface area (Å²) in [6.45, 7) is 4.23. The van der Waals surface area contributed by atoms with E-state index in [1.165, 1.54) is 6.26 Å². The summed E-state index contributed by atoms with van der Waals surface area (Å²) in [6, 6.07) is 4.84. The fourth-order valence-corrected chi connectivity index (χ4v) is 2.07. The Morgan fingerprint density at radius 1 is 1.36 bits per heavy atom. The van der Waals surface area contributed by atoms with Gasteiger partial charge in [-0.25, -0.2) is 4.98 Å². The van der Waals surface area contributed by atoms with Crippen LogP contribution in [0.15, 0.2) is 28.9 Å². The van der Waals surface area contributed by atoms with Crippen molar-refractivity contribution in [2.24, 2.45) is 11.7 Å². The number of nitrogens with one attached hydrogen (secondary N) is 1. The molecule has 7 heteroatoms. The SMILES string of the molecule is CC(C)[C@H](N)c1nc(C(=O)NCc2ccc(Cl)c(Cl)c2)co1. The van der Waals surface area contributed by atoms with Gasteiger partial charge in [-0.2, -0.15) is 0 Å². The van der Waals surface area contributed by atoms with E-state index in [4.69, 9.17) is 33.4 Å². The maximum Gasteiger partial charge on any atom is 0.273 e. The molecule has 118 valence electrons. The number of hydrogen-bond acceptors (Lipinski definition) is 4. The van der Waals surface area contributed by atoms with E-state index in [0.717, 1.165) is 5.56 Å². The van der Waals surface area contributed by atoms with Crippen LogP contribution in [0, 0.1) is 5.92 Å². The number of aromatic nitrogens is 1. The molecule has 3 N–H and O–H groups in total. The minimum Gasteiger partial charge on any atom is -0.446 e. The molecule has 2 rings (SSSR count). The van der Waals surface area contributed by atoms with Gasteiger partial charge in [0.25, 0.3) is 5.91 Å². The van der Waals surface area contributed by atoms with Gasteiger partial charge in [0.1, 0.15) is 6.26 Å². The molecule has 0 bridgehead atoms. The predicted molar refractivity (Wildman–Crippen MR) is 85.9 cm³/mol. The predicted octanol–water partition coefficient (Wildman–Crippen LogP) is 3.57. The van der Waals surface area contributed by atoms with Gasteiger partial charge in [0.2, 0.25) is 5.89 Å². The van der Waals surface area contributed by atoms with Crippen LogP contribution in [0.1, 0.15) is 41.8 Å². The highest BCUT2D eigenvalue weighted by Gasteiger charge is 2.19. The lowest BCUT2D eigenvalue weighted by Crippen LogP contribution is -2.23. The Labute approximate surface area is 138 Å². The molecule has 0 saturated carbocycles. The molecule has 1 aromatic carbocycles. The standard InChI is InChI=1S/C15H17Cl2N3O2/c1-8(2)13(18)15-20-12(7-22-15)14(21)19-6-9-3-4-10(16)11(17)5-9/h3-5,7-8,13H,6,18H2,1-2H3,(H,19,21)/t13-/m0/s1. The molecule has 0 aliphatic carbocycles. The van der Waals surface area contributed by atoms with E-state index in [0.29, 0.717) is 22.5 Å². The van der Waals surface area contributed by atoms with Crippen molar-refractivity contribution in [3.05, 3.63) is 51.7 Å². The first kappa shape index (κ1) is 16.8. The molecule has 5 nitrogen and oxygen atoms in total. The normalized spacial score (nSPS) is 12.5. The molecule has 0 radical (unpaired) electrons. The maximum atomic E-state index is 12.0. The first-order valence-corrected chi connectivity index (χ1v) is 7.57. The van der Waals surface area contributed by atoms with Gasteiger partial charge in [0.05, 0.1) is 16.1 Å². The Morgan fingerprint density at radius 2 is 2.09 bits per heavy atom. The number of nitrogens with zero attached hydrogens (tertiary/aromatic N) is 1. The molecule has 0 spiro atoms. The molecular weight excluding hydrogens is 325 g/mol. The second-order valence-electron chi connectivity index (χ2n) is 5.27. The lowest BCUT2D eigenvalue weighted by Gasteiger charge is -2.10. The van der Waals surface area contributed by atoms with Crippen molar-refractivity contribution in [1.29, 1.82) is 0 Å². The van der Waals surface area contributed by atoms with E-state index in [2.05, 4.69) is 10.3 Å². The van der Waals surface area contributed by atoms with E-state index in [1.807, 2.05) is 13.8 Å². The van der Waals surface area contributed by atoms with Gasteiger partial charge >= 0.3 is 0 Å². The summed E-state index contributed by atoms with van der Waals surface area (Å²) >= 11 is 11.8. The smallest absolute Gasteiger partial charge is 0.273 e. The first-order chi connectivity index (χ1) is 10.4. The van der Waals surface area contributed by atoms with Crippen molar-refractivity contribution < 1.29 is 9.21 Å². The van der Waals surface area contributed by atoms with E-state index >= 15 is 0 Å². The number of nitrogens with two attached hydrogens (primary N) is 1. The third-order valence-corrected chi connectivity index (χ3v) is 3.93. The van der Waals surface area contributed by atoms with E-state index < -0.39 is 0 Å². The van der Waals surface area contributed by atoms with Gasteiger partial charge in [-0.15, -0.1) is 0 Å². The molecule has 1 amide bonds. The average Bonchev–Trinajstić information content (AvgIpc) is 2.97. The van der Waals surface area contributed by atoms with Crippen molar-refractivity contribution in [3.8, 4) is 0 Å². The van der Waals surface area contributed by atoms with Gasteiger partial charge < -0.3 is 15.5 Å². The molecule has 22 heavy (non-hydrogen) atoms. The van der Waals surface area contributed by atoms with Crippen molar-refractivity contribution in [1.82, 2.24) is 10.3 Å². The summed E-state index contributed by atoms with van der Waals surface area (Å²) in [4.78, 5) is 16.2. The molecule has 1 aromatic heterocycles. The lowest BCUT2D eigenvalue weighted by atomic mass is 10.1. The van der Waals surface area contributed by atoms with Crippen LogP contribution >= 0.6 is 23.2 Å². The van der Waals surface area contributed by atoms with E-state index in [9.17, 15) is 4.79 Å². The minimum atomic E-state index is -0.336. The zero-order valence-corrected chi connectivity index (χ0v) is 13.8. The highest BCUT2D eigenvalue weighted by atomic mass is 35.5. The number of carbonyl (C=O) groups is 1. The molecule has 0 aliphatic rings. The third-order valence-electron chi connectivity index (χ3n) is 3.20. The third kappa shape index (κ3) is 4.00. The quantitative estimate of drug-likeness (QED) is 0.870. The molecule has 2 aromatic rings. The lowest BCUT2D eigenvalue weighted by molar-refractivity contribution is 0.0946. The Bertz CT molecular complexity index is 671. The number of amides is 1. The number of oxazole rings is 1. The van der Waals surface area contributed by atoms with Crippen LogP contribution in [0.25, 0.3) is 0 Å². The maximum absolute atomic E-state index is 12.0. The number of carbonyl (C=O) groups excluding carboxylic acids is 1. The van der Waals surface area contributed by atoms with Crippen molar-refractivity contribution in [2.45, 2.75) is 26.4 Å². The fraction of sp³-hybridized carbons (Fsp3) is 0.333. The monoisotopic (exact) mass is 341 g/mol. The van der Waals surface area contributed by atoms with Crippen LogP contribution < -0.4 is 11.1 Å². The Kier molecular flexibility index (Phi) is 5.45. The Balaban J connectivity index is 1.99. The summed E-state index contributed by atoms with van der Waals surface area (Å²) in [6.07, 6.45) is 1.31. The molecular formula is C15H17Cl2N3O2. The van der Waals surface area contributed by atoms with E-state index in [1.54, 1.807) is 18.2 Å². The molecule has 0 aliphatic heterocycles. The van der Waals surface area contributed by atoms with Crippen molar-refractivity contribution in [2.75, 3.05) is 0 Å². The summed E-state index contributed by atoms with van der Waals surface area (Å²) in [5.41, 5.74) is 6.97. The Hall–Kier alpha value is -1.56. The molecule has 1 heterocycles. The van der Waals surface area contributed by atoms with Gasteiger partial charge in [0.15, 0.2) is 5.69 Å². The molecule has 0 fully saturated rings. The number of halogens is 2. The van der Waals surface area contributed by atoms with Gasteiger partial charge in [-0.3, -0.25) is 4.79 Å². The van der Waals surface area contributed by atoms with Gasteiger partial charge in [-0.1, -0.05) is 43.1 Å². The number of benzene rings is 1. The van der Waals surface area contributed by atoms with Gasteiger partial charge in [0, 0.05) is 6.54 Å². The molecule has 1 atom stereocenters. The zero-order chi connectivity index (χ0) is 16.3. The first-order valence-electron chi connectivity index (χ1n) is 6.81. The summed E-state index contributed by atoms with van der Waals surface area (Å²) < 4.78 is 5.26. The van der Waals surface area contributed by atoms with Crippen LogP contribution in [0.5, 0.6) is 0 Å². The summed E-state index contributed by atoms with van der Waals surface area (Å²) in [5.74, 6) is 0.192. The largest absolute Gasteiger partial charge is 0.446 e. The Morgan fingerprint density at radius 3 is 2.73 bits per heavy atom. The molecule has 0 saturated heterocycles. The topological polar surface area (TPSA) is 81.1 Å². The highest BCUT2D eigenvalue weighted by Crippen LogP contribution is 2.22. The van der Waals surface area contributed by atoms with Crippen molar-refractivity contribution in [3.63, 3.8) is 0 Å².